The summed E-state index contributed by atoms with van der Waals surface area (Å²) in [6, 6.07) is 0. The molecule has 2 fully saturated rings. The topological polar surface area (TPSA) is 66.6 Å². The zero-order valence-electron chi connectivity index (χ0n) is 13.4. The molecule has 1 saturated carbocycles. The van der Waals surface area contributed by atoms with Crippen LogP contribution in [0.5, 0.6) is 0 Å². The Hall–Kier alpha value is -0.170. The fourth-order valence-corrected chi connectivity index (χ4v) is 5.96. The minimum absolute atomic E-state index is 0.343. The molecule has 0 atom stereocenters. The molecule has 1 heterocycles. The van der Waals surface area contributed by atoms with Crippen LogP contribution in [0.3, 0.4) is 0 Å². The first-order valence-corrected chi connectivity index (χ1v) is 9.94. The van der Waals surface area contributed by atoms with Gasteiger partial charge in [0.05, 0.1) is 0 Å². The molecular formula is C15H31N3O2S. The van der Waals surface area contributed by atoms with Crippen molar-refractivity contribution in [2.75, 3.05) is 26.2 Å². The third kappa shape index (κ3) is 3.60. The Morgan fingerprint density at radius 2 is 1.62 bits per heavy atom. The number of piperidine rings is 1. The molecule has 0 aromatic heterocycles. The van der Waals surface area contributed by atoms with E-state index in [1.165, 1.54) is 6.42 Å². The zero-order valence-corrected chi connectivity index (χ0v) is 14.2. The van der Waals surface area contributed by atoms with E-state index in [0.717, 1.165) is 51.4 Å². The van der Waals surface area contributed by atoms with Crippen molar-refractivity contribution in [3.63, 3.8) is 0 Å². The van der Waals surface area contributed by atoms with Crippen LogP contribution >= 0.6 is 0 Å². The van der Waals surface area contributed by atoms with E-state index in [1.54, 1.807) is 8.61 Å². The minimum atomic E-state index is -3.37. The molecule has 0 radical (unpaired) electrons. The third-order valence-corrected chi connectivity index (χ3v) is 7.18. The quantitative estimate of drug-likeness (QED) is 0.815. The van der Waals surface area contributed by atoms with Crippen LogP contribution in [0.25, 0.3) is 0 Å². The van der Waals surface area contributed by atoms with Gasteiger partial charge in [-0.2, -0.15) is 17.0 Å². The van der Waals surface area contributed by atoms with Gasteiger partial charge in [0.1, 0.15) is 0 Å². The average molecular weight is 317 g/mol. The first kappa shape index (κ1) is 17.2. The number of hydrogen-bond donors (Lipinski definition) is 1. The zero-order chi connectivity index (χ0) is 15.3. The lowest BCUT2D eigenvalue weighted by molar-refractivity contribution is 0.125. The summed E-state index contributed by atoms with van der Waals surface area (Å²) in [5.41, 5.74) is 5.73. The van der Waals surface area contributed by atoms with Gasteiger partial charge in [0, 0.05) is 31.7 Å². The summed E-state index contributed by atoms with van der Waals surface area (Å²) in [6.45, 7) is 4.42. The van der Waals surface area contributed by atoms with E-state index >= 15 is 0 Å². The second-order valence-electron chi connectivity index (χ2n) is 6.53. The molecule has 1 saturated heterocycles. The fraction of sp³-hybridized carbons (Fsp3) is 1.00. The Bertz CT molecular complexity index is 413. The SMILES string of the molecule is CCCN(C1(CN)CCCCC1)S(=O)(=O)N1CCCCC1. The second-order valence-corrected chi connectivity index (χ2v) is 8.38. The van der Waals surface area contributed by atoms with E-state index in [0.29, 0.717) is 26.2 Å². The van der Waals surface area contributed by atoms with Crippen LogP contribution < -0.4 is 5.73 Å². The monoisotopic (exact) mass is 317 g/mol. The average Bonchev–Trinajstić information content (AvgIpc) is 2.54. The van der Waals surface area contributed by atoms with Crippen molar-refractivity contribution in [1.82, 2.24) is 8.61 Å². The summed E-state index contributed by atoms with van der Waals surface area (Å²) >= 11 is 0. The van der Waals surface area contributed by atoms with Crippen LogP contribution in [-0.2, 0) is 10.2 Å². The maximum absolute atomic E-state index is 13.1. The van der Waals surface area contributed by atoms with Gasteiger partial charge in [-0.05, 0) is 32.1 Å². The van der Waals surface area contributed by atoms with Gasteiger partial charge in [0.2, 0.25) is 0 Å². The Labute approximate surface area is 130 Å². The van der Waals surface area contributed by atoms with Gasteiger partial charge in [0.25, 0.3) is 10.2 Å². The van der Waals surface area contributed by atoms with Crippen molar-refractivity contribution in [3.8, 4) is 0 Å². The highest BCUT2D eigenvalue weighted by Gasteiger charge is 2.45. The molecule has 0 unspecified atom stereocenters. The molecule has 1 aliphatic heterocycles. The van der Waals surface area contributed by atoms with E-state index in [9.17, 15) is 8.42 Å². The summed E-state index contributed by atoms with van der Waals surface area (Å²) in [4.78, 5) is 0. The van der Waals surface area contributed by atoms with Crippen LogP contribution in [0.1, 0.15) is 64.7 Å². The minimum Gasteiger partial charge on any atom is -0.329 e. The summed E-state index contributed by atoms with van der Waals surface area (Å²) < 4.78 is 29.7. The van der Waals surface area contributed by atoms with Gasteiger partial charge in [-0.3, -0.25) is 0 Å². The van der Waals surface area contributed by atoms with E-state index in [1.807, 2.05) is 6.92 Å². The molecule has 21 heavy (non-hydrogen) atoms. The van der Waals surface area contributed by atoms with Gasteiger partial charge in [-0.25, -0.2) is 0 Å². The first-order valence-electron chi connectivity index (χ1n) is 8.55. The van der Waals surface area contributed by atoms with Gasteiger partial charge >= 0.3 is 0 Å². The molecule has 0 amide bonds. The van der Waals surface area contributed by atoms with Crippen LogP contribution in [0.15, 0.2) is 0 Å². The number of nitrogens with zero attached hydrogens (tertiary/aromatic N) is 2. The van der Waals surface area contributed by atoms with Crippen LogP contribution in [-0.4, -0.2) is 48.7 Å². The molecule has 1 aliphatic carbocycles. The Morgan fingerprint density at radius 1 is 1.05 bits per heavy atom. The summed E-state index contributed by atoms with van der Waals surface area (Å²) in [5.74, 6) is 0. The van der Waals surface area contributed by atoms with E-state index in [2.05, 4.69) is 0 Å². The van der Waals surface area contributed by atoms with Gasteiger partial charge < -0.3 is 5.73 Å². The molecule has 6 heteroatoms. The smallest absolute Gasteiger partial charge is 0.282 e. The first-order chi connectivity index (χ1) is 10.1. The lowest BCUT2D eigenvalue weighted by Crippen LogP contribution is -2.61. The highest BCUT2D eigenvalue weighted by molar-refractivity contribution is 7.86. The van der Waals surface area contributed by atoms with Crippen molar-refractivity contribution >= 4 is 10.2 Å². The molecular weight excluding hydrogens is 286 g/mol. The molecule has 0 aromatic carbocycles. The highest BCUT2D eigenvalue weighted by Crippen LogP contribution is 2.36. The van der Waals surface area contributed by atoms with Crippen molar-refractivity contribution < 1.29 is 8.42 Å². The summed E-state index contributed by atoms with van der Waals surface area (Å²) in [7, 11) is -3.37. The van der Waals surface area contributed by atoms with Crippen molar-refractivity contribution in [2.24, 2.45) is 5.73 Å². The second kappa shape index (κ2) is 7.40. The Morgan fingerprint density at radius 3 is 2.14 bits per heavy atom. The number of rotatable bonds is 6. The summed E-state index contributed by atoms with van der Waals surface area (Å²) in [5, 5.41) is 0. The molecule has 2 N–H and O–H groups in total. The lowest BCUT2D eigenvalue weighted by atomic mass is 9.81. The largest absolute Gasteiger partial charge is 0.329 e. The lowest BCUT2D eigenvalue weighted by Gasteiger charge is -2.46. The predicted octanol–water partition coefficient (Wildman–Crippen LogP) is 2.09. The molecule has 0 bridgehead atoms. The van der Waals surface area contributed by atoms with Gasteiger partial charge in [-0.15, -0.1) is 0 Å². The molecule has 5 nitrogen and oxygen atoms in total. The molecule has 2 aliphatic rings. The third-order valence-electron chi connectivity index (χ3n) is 5.04. The molecule has 2 rings (SSSR count). The maximum atomic E-state index is 13.1. The predicted molar refractivity (Wildman–Crippen MR) is 86.2 cm³/mol. The van der Waals surface area contributed by atoms with Crippen LogP contribution in [0.2, 0.25) is 0 Å². The normalized spacial score (nSPS) is 24.3. The van der Waals surface area contributed by atoms with Crippen molar-refractivity contribution in [1.29, 1.82) is 0 Å². The summed E-state index contributed by atoms with van der Waals surface area (Å²) in [6.07, 6.45) is 9.15. The van der Waals surface area contributed by atoms with Crippen LogP contribution in [0, 0.1) is 0 Å². The van der Waals surface area contributed by atoms with Gasteiger partial charge in [0.15, 0.2) is 0 Å². The van der Waals surface area contributed by atoms with Crippen molar-refractivity contribution in [2.45, 2.75) is 70.3 Å². The van der Waals surface area contributed by atoms with E-state index < -0.39 is 10.2 Å². The fourth-order valence-electron chi connectivity index (χ4n) is 3.80. The standard InChI is InChI=1S/C15H31N3O2S/c1-2-11-18(15(14-16)9-5-3-6-10-15)21(19,20)17-12-7-4-8-13-17/h2-14,16H2,1H3. The number of hydrogen-bond acceptors (Lipinski definition) is 3. The van der Waals surface area contributed by atoms with Gasteiger partial charge in [-0.1, -0.05) is 32.6 Å². The van der Waals surface area contributed by atoms with E-state index in [4.69, 9.17) is 5.73 Å². The van der Waals surface area contributed by atoms with Crippen molar-refractivity contribution in [3.05, 3.63) is 0 Å². The molecule has 0 aromatic rings. The van der Waals surface area contributed by atoms with Crippen LogP contribution in [0.4, 0.5) is 0 Å². The maximum Gasteiger partial charge on any atom is 0.282 e. The Kier molecular flexibility index (Phi) is 6.05. The number of nitrogens with two attached hydrogens (primary N) is 1. The highest BCUT2D eigenvalue weighted by atomic mass is 32.2. The van der Waals surface area contributed by atoms with E-state index in [-0.39, 0.29) is 5.54 Å². The Balaban J connectivity index is 2.27. The molecule has 124 valence electrons. The molecule has 0 spiro atoms.